The molecule has 0 aromatic heterocycles. The molecule has 2 aromatic carbocycles. The number of halogens is 1. The predicted molar refractivity (Wildman–Crippen MR) is 60.2 cm³/mol. The molecule has 0 spiro atoms. The van der Waals surface area contributed by atoms with Crippen LogP contribution in [0, 0.1) is 5.82 Å². The van der Waals surface area contributed by atoms with Crippen molar-refractivity contribution in [2.24, 2.45) is 0 Å². The van der Waals surface area contributed by atoms with E-state index in [2.05, 4.69) is 5.32 Å². The van der Waals surface area contributed by atoms with Crippen LogP contribution in [0.1, 0.15) is 5.56 Å². The highest BCUT2D eigenvalue weighted by atomic mass is 19.1. The molecule has 0 heterocycles. The van der Waals surface area contributed by atoms with Crippen LogP contribution in [-0.4, -0.2) is 0 Å². The molecule has 1 nitrogen and oxygen atoms in total. The Morgan fingerprint density at radius 3 is 2.27 bits per heavy atom. The van der Waals surface area contributed by atoms with E-state index in [1.54, 1.807) is 12.1 Å². The number of benzene rings is 2. The van der Waals surface area contributed by atoms with Crippen LogP contribution in [0.2, 0.25) is 0 Å². The van der Waals surface area contributed by atoms with Crippen molar-refractivity contribution < 1.29 is 4.39 Å². The maximum atomic E-state index is 13.3. The van der Waals surface area contributed by atoms with Gasteiger partial charge < -0.3 is 5.32 Å². The molecule has 0 radical (unpaired) electrons. The van der Waals surface area contributed by atoms with Crippen molar-refractivity contribution in [2.45, 2.75) is 6.54 Å². The lowest BCUT2D eigenvalue weighted by Gasteiger charge is -2.06. The highest BCUT2D eigenvalue weighted by Gasteiger charge is 1.99. The second-order valence-corrected chi connectivity index (χ2v) is 3.31. The van der Waals surface area contributed by atoms with Gasteiger partial charge in [-0.25, -0.2) is 4.39 Å². The topological polar surface area (TPSA) is 12.0 Å². The molecule has 0 atom stereocenters. The van der Waals surface area contributed by atoms with E-state index < -0.39 is 0 Å². The maximum absolute atomic E-state index is 13.3. The monoisotopic (exact) mass is 201 g/mol. The smallest absolute Gasteiger partial charge is 0.128 e. The van der Waals surface area contributed by atoms with E-state index >= 15 is 0 Å². The summed E-state index contributed by atoms with van der Waals surface area (Å²) in [4.78, 5) is 0. The van der Waals surface area contributed by atoms with Crippen molar-refractivity contribution in [1.82, 2.24) is 0 Å². The van der Waals surface area contributed by atoms with Crippen molar-refractivity contribution in [3.63, 3.8) is 0 Å². The zero-order chi connectivity index (χ0) is 10.5. The normalized spacial score (nSPS) is 9.93. The zero-order valence-electron chi connectivity index (χ0n) is 8.28. The molecule has 2 aromatic rings. The third-order valence-electron chi connectivity index (χ3n) is 2.21. The Morgan fingerprint density at radius 1 is 0.867 bits per heavy atom. The molecule has 0 fully saturated rings. The molecule has 0 saturated heterocycles. The van der Waals surface area contributed by atoms with Gasteiger partial charge in [-0.1, -0.05) is 36.4 Å². The second-order valence-electron chi connectivity index (χ2n) is 3.31. The number of nitrogens with one attached hydrogen (secondary N) is 1. The molecule has 2 heteroatoms. The Morgan fingerprint density at radius 2 is 1.53 bits per heavy atom. The van der Waals surface area contributed by atoms with E-state index in [4.69, 9.17) is 0 Å². The van der Waals surface area contributed by atoms with E-state index in [1.807, 2.05) is 36.4 Å². The predicted octanol–water partition coefficient (Wildman–Crippen LogP) is 3.44. The van der Waals surface area contributed by atoms with Gasteiger partial charge in [0.15, 0.2) is 0 Å². The summed E-state index contributed by atoms with van der Waals surface area (Å²) in [6.07, 6.45) is 0. The van der Waals surface area contributed by atoms with E-state index in [9.17, 15) is 4.39 Å². The van der Waals surface area contributed by atoms with Crippen LogP contribution in [-0.2, 0) is 6.54 Å². The molecule has 0 aliphatic heterocycles. The number of anilines is 1. The summed E-state index contributed by atoms with van der Waals surface area (Å²) in [5, 5.41) is 3.16. The summed E-state index contributed by atoms with van der Waals surface area (Å²) in [5.41, 5.74) is 1.68. The van der Waals surface area contributed by atoms with Crippen LogP contribution in [0.15, 0.2) is 54.6 Å². The molecule has 76 valence electrons. The first kappa shape index (κ1) is 9.71. The van der Waals surface area contributed by atoms with Gasteiger partial charge in [0, 0.05) is 17.8 Å². The van der Waals surface area contributed by atoms with E-state index in [-0.39, 0.29) is 5.82 Å². The first-order chi connectivity index (χ1) is 7.36. The van der Waals surface area contributed by atoms with Gasteiger partial charge in [0.1, 0.15) is 5.82 Å². The third-order valence-corrected chi connectivity index (χ3v) is 2.21. The Hall–Kier alpha value is -1.83. The first-order valence-corrected chi connectivity index (χ1v) is 4.88. The number of hydrogen-bond acceptors (Lipinski definition) is 1. The van der Waals surface area contributed by atoms with Crippen molar-refractivity contribution in [2.75, 3.05) is 5.32 Å². The highest BCUT2D eigenvalue weighted by Crippen LogP contribution is 2.10. The van der Waals surface area contributed by atoms with Crippen LogP contribution in [0.3, 0.4) is 0 Å². The average molecular weight is 201 g/mol. The summed E-state index contributed by atoms with van der Waals surface area (Å²) < 4.78 is 13.3. The summed E-state index contributed by atoms with van der Waals surface area (Å²) >= 11 is 0. The molecule has 1 N–H and O–H groups in total. The minimum absolute atomic E-state index is 0.166. The molecule has 0 aliphatic rings. The van der Waals surface area contributed by atoms with Gasteiger partial charge in [-0.3, -0.25) is 0 Å². The summed E-state index contributed by atoms with van der Waals surface area (Å²) in [6, 6.07) is 16.6. The van der Waals surface area contributed by atoms with Gasteiger partial charge in [-0.15, -0.1) is 0 Å². The minimum Gasteiger partial charge on any atom is -0.381 e. The van der Waals surface area contributed by atoms with Crippen molar-refractivity contribution >= 4 is 5.69 Å². The maximum Gasteiger partial charge on any atom is 0.128 e. The van der Waals surface area contributed by atoms with Gasteiger partial charge in [-0.2, -0.15) is 0 Å². The molecule has 0 aliphatic carbocycles. The molecule has 2 rings (SSSR count). The second kappa shape index (κ2) is 4.60. The van der Waals surface area contributed by atoms with E-state index in [1.165, 1.54) is 6.07 Å². The van der Waals surface area contributed by atoms with Crippen LogP contribution < -0.4 is 5.32 Å². The number of rotatable bonds is 3. The fourth-order valence-electron chi connectivity index (χ4n) is 1.40. The summed E-state index contributed by atoms with van der Waals surface area (Å²) in [7, 11) is 0. The zero-order valence-corrected chi connectivity index (χ0v) is 8.28. The van der Waals surface area contributed by atoms with E-state index in [0.29, 0.717) is 12.1 Å². The number of para-hydroxylation sites is 1. The lowest BCUT2D eigenvalue weighted by atomic mass is 10.2. The molecule has 0 bridgehead atoms. The Balaban J connectivity index is 2.03. The van der Waals surface area contributed by atoms with Crippen LogP contribution in [0.4, 0.5) is 10.1 Å². The van der Waals surface area contributed by atoms with Gasteiger partial charge in [0.25, 0.3) is 0 Å². The summed E-state index contributed by atoms with van der Waals surface area (Å²) in [6.45, 7) is 0.511. The van der Waals surface area contributed by atoms with Crippen molar-refractivity contribution in [3.05, 3.63) is 66.0 Å². The third kappa shape index (κ3) is 2.56. The SMILES string of the molecule is Fc1ccccc1CNc1ccccc1. The molecule has 15 heavy (non-hydrogen) atoms. The molecule has 0 unspecified atom stereocenters. The molecule has 0 saturated carbocycles. The minimum atomic E-state index is -0.166. The Labute approximate surface area is 88.6 Å². The lowest BCUT2D eigenvalue weighted by molar-refractivity contribution is 0.613. The average Bonchev–Trinajstić information content (AvgIpc) is 2.29. The summed E-state index contributed by atoms with van der Waals surface area (Å²) in [5.74, 6) is -0.166. The van der Waals surface area contributed by atoms with Gasteiger partial charge in [-0.05, 0) is 18.2 Å². The van der Waals surface area contributed by atoms with Gasteiger partial charge >= 0.3 is 0 Å². The van der Waals surface area contributed by atoms with Crippen LogP contribution in [0.25, 0.3) is 0 Å². The molecule has 0 amide bonds. The van der Waals surface area contributed by atoms with Gasteiger partial charge in [0.05, 0.1) is 0 Å². The largest absolute Gasteiger partial charge is 0.381 e. The lowest BCUT2D eigenvalue weighted by Crippen LogP contribution is -2.01. The molecular weight excluding hydrogens is 189 g/mol. The fourth-order valence-corrected chi connectivity index (χ4v) is 1.40. The Bertz CT molecular complexity index is 426. The van der Waals surface area contributed by atoms with Crippen molar-refractivity contribution in [1.29, 1.82) is 0 Å². The number of hydrogen-bond donors (Lipinski definition) is 1. The van der Waals surface area contributed by atoms with Gasteiger partial charge in [0.2, 0.25) is 0 Å². The Kier molecular flexibility index (Phi) is 2.98. The van der Waals surface area contributed by atoms with Crippen molar-refractivity contribution in [3.8, 4) is 0 Å². The van der Waals surface area contributed by atoms with Crippen LogP contribution in [0.5, 0.6) is 0 Å². The quantitative estimate of drug-likeness (QED) is 0.802. The van der Waals surface area contributed by atoms with E-state index in [0.717, 1.165) is 5.69 Å². The first-order valence-electron chi connectivity index (χ1n) is 4.88. The fraction of sp³-hybridized carbons (Fsp3) is 0.0769. The standard InChI is InChI=1S/C13H12FN/c14-13-9-5-4-6-11(13)10-15-12-7-2-1-3-8-12/h1-9,15H,10H2. The molecular formula is C13H12FN. The van der Waals surface area contributed by atoms with Crippen LogP contribution >= 0.6 is 0 Å². The highest BCUT2D eigenvalue weighted by molar-refractivity contribution is 5.43.